The molecule has 1 unspecified atom stereocenters. The van der Waals surface area contributed by atoms with Gasteiger partial charge in [0, 0.05) is 21.2 Å². The molecule has 3 amide bonds. The normalized spacial score (nSPS) is 14.3. The summed E-state index contributed by atoms with van der Waals surface area (Å²) < 4.78 is 5.19. The van der Waals surface area contributed by atoms with Gasteiger partial charge in [0.15, 0.2) is 5.82 Å². The van der Waals surface area contributed by atoms with Gasteiger partial charge in [0.25, 0.3) is 17.7 Å². The minimum absolute atomic E-state index is 0.0343. The highest BCUT2D eigenvalue weighted by Crippen LogP contribution is 2.31. The first-order valence-electron chi connectivity index (χ1n) is 11.4. The van der Waals surface area contributed by atoms with Gasteiger partial charge in [0.1, 0.15) is 5.02 Å². The van der Waals surface area contributed by atoms with Crippen molar-refractivity contribution in [3.8, 4) is 5.88 Å². The number of carbonyl (C=O) groups is 3. The molecule has 202 valence electrons. The minimum Gasteiger partial charge on any atom is -0.388 e. The fourth-order valence-electron chi connectivity index (χ4n) is 3.76. The molecule has 1 atom stereocenters. The van der Waals surface area contributed by atoms with Gasteiger partial charge in [-0.05, 0) is 36.4 Å². The predicted molar refractivity (Wildman–Crippen MR) is 153 cm³/mol. The Morgan fingerprint density at radius 2 is 1.62 bits per heavy atom. The SMILES string of the molecule is O=C(NC1N=C(c2ccccc2Cl)c2cc(Cl)ccc2NC1=O)Oc1n[nH]c(NC(=O)c2ccccc2Cl)c1Cl. The number of ether oxygens (including phenoxy) is 1. The Balaban J connectivity index is 1.37. The number of aromatic nitrogens is 2. The zero-order valence-corrected chi connectivity index (χ0v) is 23.0. The van der Waals surface area contributed by atoms with E-state index in [0.29, 0.717) is 32.6 Å². The number of hydrogen-bond acceptors (Lipinski definition) is 6. The monoisotopic (exact) mass is 616 g/mol. The third kappa shape index (κ3) is 5.75. The fourth-order valence-corrected chi connectivity index (χ4v) is 4.55. The Hall–Kier alpha value is -4.09. The summed E-state index contributed by atoms with van der Waals surface area (Å²) in [6, 6.07) is 18.1. The van der Waals surface area contributed by atoms with E-state index in [1.54, 1.807) is 60.7 Å². The molecular weight excluding hydrogens is 602 g/mol. The number of rotatable bonds is 5. The summed E-state index contributed by atoms with van der Waals surface area (Å²) in [7, 11) is 0. The Kier molecular flexibility index (Phi) is 7.95. The van der Waals surface area contributed by atoms with Gasteiger partial charge in [0.05, 0.1) is 22.0 Å². The average Bonchev–Trinajstić information content (AvgIpc) is 3.19. The van der Waals surface area contributed by atoms with Crippen LogP contribution in [0.4, 0.5) is 16.3 Å². The lowest BCUT2D eigenvalue weighted by atomic mass is 10.0. The summed E-state index contributed by atoms with van der Waals surface area (Å²) in [6.45, 7) is 0. The maximum absolute atomic E-state index is 13.0. The van der Waals surface area contributed by atoms with Gasteiger partial charge in [-0.15, -0.1) is 5.10 Å². The van der Waals surface area contributed by atoms with Crippen molar-refractivity contribution in [3.05, 3.63) is 104 Å². The van der Waals surface area contributed by atoms with Crippen LogP contribution < -0.4 is 20.7 Å². The Labute approximate surface area is 246 Å². The van der Waals surface area contributed by atoms with Crippen LogP contribution in [0.25, 0.3) is 0 Å². The number of fused-ring (bicyclic) bond motifs is 1. The predicted octanol–water partition coefficient (Wildman–Crippen LogP) is 6.18. The van der Waals surface area contributed by atoms with Crippen LogP contribution in [0.3, 0.4) is 0 Å². The van der Waals surface area contributed by atoms with Crippen molar-refractivity contribution < 1.29 is 19.1 Å². The van der Waals surface area contributed by atoms with Crippen molar-refractivity contribution >= 4 is 81.5 Å². The van der Waals surface area contributed by atoms with Crippen LogP contribution in [0.15, 0.2) is 71.7 Å². The van der Waals surface area contributed by atoms with Crippen molar-refractivity contribution in [3.63, 3.8) is 0 Å². The number of benzene rings is 3. The van der Waals surface area contributed by atoms with Crippen LogP contribution in [0, 0.1) is 0 Å². The molecule has 3 aromatic carbocycles. The summed E-state index contributed by atoms with van der Waals surface area (Å²) in [4.78, 5) is 42.8. The van der Waals surface area contributed by atoms with E-state index in [1.807, 2.05) is 0 Å². The molecule has 4 aromatic rings. The van der Waals surface area contributed by atoms with Gasteiger partial charge >= 0.3 is 6.09 Å². The molecule has 0 saturated heterocycles. The summed E-state index contributed by atoms with van der Waals surface area (Å²) in [5.74, 6) is -1.60. The summed E-state index contributed by atoms with van der Waals surface area (Å²) >= 11 is 24.9. The second-order valence-electron chi connectivity index (χ2n) is 8.22. The number of aliphatic imine (C=N–C) groups is 1. The Bertz CT molecular complexity index is 1690. The van der Waals surface area contributed by atoms with Crippen molar-refractivity contribution in [1.29, 1.82) is 0 Å². The lowest BCUT2D eigenvalue weighted by Crippen LogP contribution is -2.43. The second kappa shape index (κ2) is 11.6. The number of hydrogen-bond donors (Lipinski definition) is 4. The number of amides is 3. The molecule has 1 aliphatic rings. The summed E-state index contributed by atoms with van der Waals surface area (Å²) in [5.41, 5.74) is 1.94. The molecular formula is C26H16Cl4N6O4. The molecule has 0 spiro atoms. The first kappa shape index (κ1) is 27.5. The summed E-state index contributed by atoms with van der Waals surface area (Å²) in [6.07, 6.45) is -2.52. The van der Waals surface area contributed by atoms with Crippen LogP contribution in [-0.2, 0) is 4.79 Å². The number of H-pyrrole nitrogens is 1. The molecule has 40 heavy (non-hydrogen) atoms. The number of benzodiazepines with no additional fused rings is 1. The average molecular weight is 618 g/mol. The van der Waals surface area contributed by atoms with E-state index >= 15 is 0 Å². The molecule has 14 heteroatoms. The van der Waals surface area contributed by atoms with E-state index in [9.17, 15) is 14.4 Å². The molecule has 10 nitrogen and oxygen atoms in total. The van der Waals surface area contributed by atoms with Crippen LogP contribution >= 0.6 is 46.4 Å². The van der Waals surface area contributed by atoms with Crippen molar-refractivity contribution in [2.45, 2.75) is 6.17 Å². The number of halogens is 4. The van der Waals surface area contributed by atoms with E-state index < -0.39 is 24.1 Å². The van der Waals surface area contributed by atoms with E-state index in [1.165, 1.54) is 6.07 Å². The van der Waals surface area contributed by atoms with Gasteiger partial charge in [-0.3, -0.25) is 20.0 Å². The molecule has 0 bridgehead atoms. The van der Waals surface area contributed by atoms with E-state index in [0.717, 1.165) is 0 Å². The van der Waals surface area contributed by atoms with Gasteiger partial charge < -0.3 is 15.4 Å². The number of aromatic amines is 1. The van der Waals surface area contributed by atoms with Crippen LogP contribution in [0.5, 0.6) is 5.88 Å². The molecule has 0 aliphatic carbocycles. The Morgan fingerprint density at radius 1 is 0.900 bits per heavy atom. The van der Waals surface area contributed by atoms with Crippen molar-refractivity contribution in [2.75, 3.05) is 10.6 Å². The van der Waals surface area contributed by atoms with Crippen LogP contribution in [-0.4, -0.2) is 40.0 Å². The van der Waals surface area contributed by atoms with Crippen molar-refractivity contribution in [1.82, 2.24) is 15.5 Å². The van der Waals surface area contributed by atoms with E-state index in [2.05, 4.69) is 31.1 Å². The molecule has 4 N–H and O–H groups in total. The third-order valence-electron chi connectivity index (χ3n) is 5.61. The Morgan fingerprint density at radius 3 is 2.38 bits per heavy atom. The molecule has 0 saturated carbocycles. The highest BCUT2D eigenvalue weighted by atomic mass is 35.5. The second-order valence-corrected chi connectivity index (χ2v) is 9.85. The van der Waals surface area contributed by atoms with Crippen LogP contribution in [0.2, 0.25) is 20.1 Å². The fraction of sp³-hybridized carbons (Fsp3) is 0.0385. The molecule has 2 heterocycles. The summed E-state index contributed by atoms with van der Waals surface area (Å²) in [5, 5.41) is 14.7. The lowest BCUT2D eigenvalue weighted by Gasteiger charge is -2.13. The molecule has 0 radical (unpaired) electrons. The van der Waals surface area contributed by atoms with Gasteiger partial charge in [-0.25, -0.2) is 9.79 Å². The first-order valence-corrected chi connectivity index (χ1v) is 12.9. The zero-order valence-electron chi connectivity index (χ0n) is 20.0. The first-order chi connectivity index (χ1) is 19.2. The molecule has 5 rings (SSSR count). The quantitative estimate of drug-likeness (QED) is 0.212. The maximum Gasteiger partial charge on any atom is 0.416 e. The number of anilines is 2. The van der Waals surface area contributed by atoms with E-state index in [4.69, 9.17) is 51.1 Å². The zero-order chi connectivity index (χ0) is 28.4. The molecule has 1 aromatic heterocycles. The van der Waals surface area contributed by atoms with Crippen LogP contribution in [0.1, 0.15) is 21.5 Å². The van der Waals surface area contributed by atoms with Gasteiger partial charge in [-0.1, -0.05) is 76.7 Å². The molecule has 1 aliphatic heterocycles. The largest absolute Gasteiger partial charge is 0.416 e. The van der Waals surface area contributed by atoms with Gasteiger partial charge in [-0.2, -0.15) is 0 Å². The number of carbonyl (C=O) groups excluding carboxylic acids is 3. The maximum atomic E-state index is 13.0. The smallest absolute Gasteiger partial charge is 0.388 e. The van der Waals surface area contributed by atoms with Crippen molar-refractivity contribution in [2.24, 2.45) is 4.99 Å². The minimum atomic E-state index is -1.43. The number of nitrogens with one attached hydrogen (secondary N) is 4. The highest BCUT2D eigenvalue weighted by Gasteiger charge is 2.29. The lowest BCUT2D eigenvalue weighted by molar-refractivity contribution is -0.117. The standard InChI is InChI=1S/C26H16Cl4N6O4/c27-12-9-10-18-15(11-12)20(13-5-1-3-7-16(13)28)32-22(24(38)31-18)34-26(39)40-25-19(30)21(35-36-25)33-23(37)14-6-2-4-8-17(14)29/h1-11,22H,(H,31,38)(H,34,39)(H2,33,35,36,37). The third-order valence-corrected chi connectivity index (χ3v) is 6.85. The highest BCUT2D eigenvalue weighted by molar-refractivity contribution is 6.37. The topological polar surface area (TPSA) is 138 Å². The number of nitrogens with zero attached hydrogens (tertiary/aromatic N) is 2. The molecule has 0 fully saturated rings. The van der Waals surface area contributed by atoms with E-state index in [-0.39, 0.29) is 27.3 Å². The van der Waals surface area contributed by atoms with Gasteiger partial charge in [0.2, 0.25) is 6.17 Å².